The smallest absolute Gasteiger partial charge is 0.243 e. The quantitative estimate of drug-likeness (QED) is 0.666. The lowest BCUT2D eigenvalue weighted by atomic mass is 9.85. The molecule has 1 spiro atoms. The Balaban J connectivity index is 0.00000274. The van der Waals surface area contributed by atoms with Crippen molar-refractivity contribution in [3.8, 4) is 0 Å². The Morgan fingerprint density at radius 2 is 1.82 bits per heavy atom. The summed E-state index contributed by atoms with van der Waals surface area (Å²) in [6.07, 6.45) is 5.59. The number of benzene rings is 2. The van der Waals surface area contributed by atoms with Gasteiger partial charge in [-0.25, -0.2) is 12.8 Å². The molecule has 184 valence electrons. The lowest BCUT2D eigenvalue weighted by Crippen LogP contribution is -2.64. The number of fused-ring (bicyclic) bond motifs is 1. The van der Waals surface area contributed by atoms with Crippen LogP contribution in [0.15, 0.2) is 52.4 Å². The van der Waals surface area contributed by atoms with E-state index in [0.29, 0.717) is 43.9 Å². The zero-order valence-electron chi connectivity index (χ0n) is 19.2. The summed E-state index contributed by atoms with van der Waals surface area (Å²) < 4.78 is 41.9. The van der Waals surface area contributed by atoms with Crippen LogP contribution in [0.2, 0.25) is 0 Å². The van der Waals surface area contributed by atoms with Gasteiger partial charge in [0, 0.05) is 26.2 Å². The van der Waals surface area contributed by atoms with Gasteiger partial charge in [0.05, 0.1) is 17.0 Å². The van der Waals surface area contributed by atoms with Crippen molar-refractivity contribution in [3.05, 3.63) is 65.0 Å². The molecule has 2 heterocycles. The second-order valence-electron chi connectivity index (χ2n) is 9.26. The summed E-state index contributed by atoms with van der Waals surface area (Å²) in [6.45, 7) is 2.80. The highest BCUT2D eigenvalue weighted by atomic mass is 35.5. The molecule has 6 nitrogen and oxygen atoms in total. The number of piperidine rings is 1. The molecule has 0 bridgehead atoms. The molecule has 2 N–H and O–H groups in total. The van der Waals surface area contributed by atoms with Crippen molar-refractivity contribution in [2.75, 3.05) is 26.2 Å². The van der Waals surface area contributed by atoms with Crippen LogP contribution < -0.4 is 10.6 Å². The highest BCUT2D eigenvalue weighted by Crippen LogP contribution is 2.31. The molecule has 2 aromatic rings. The molecule has 5 rings (SSSR count). The fourth-order valence-electron chi connectivity index (χ4n) is 5.30. The number of sulfonamides is 1. The lowest BCUT2D eigenvalue weighted by Gasteiger charge is -2.44. The van der Waals surface area contributed by atoms with E-state index < -0.39 is 10.0 Å². The van der Waals surface area contributed by atoms with Crippen LogP contribution in [-0.4, -0.2) is 50.3 Å². The van der Waals surface area contributed by atoms with Crippen molar-refractivity contribution in [1.29, 1.82) is 0 Å². The minimum absolute atomic E-state index is 0. The largest absolute Gasteiger partial charge is 0.368 e. The Bertz CT molecular complexity index is 1160. The van der Waals surface area contributed by atoms with Gasteiger partial charge in [-0.05, 0) is 79.5 Å². The van der Waals surface area contributed by atoms with Gasteiger partial charge in [-0.15, -0.1) is 12.4 Å². The van der Waals surface area contributed by atoms with Crippen LogP contribution in [0.1, 0.15) is 42.4 Å². The van der Waals surface area contributed by atoms with E-state index >= 15 is 0 Å². The molecule has 0 atom stereocenters. The van der Waals surface area contributed by atoms with Gasteiger partial charge < -0.3 is 10.6 Å². The number of rotatable bonds is 4. The molecule has 1 saturated heterocycles. The molecule has 0 saturated carbocycles. The van der Waals surface area contributed by atoms with Crippen LogP contribution >= 0.6 is 12.4 Å². The van der Waals surface area contributed by atoms with Crippen LogP contribution in [-0.2, 0) is 29.4 Å². The second-order valence-corrected chi connectivity index (χ2v) is 11.2. The highest BCUT2D eigenvalue weighted by molar-refractivity contribution is 7.89. The number of amidine groups is 1. The Morgan fingerprint density at radius 3 is 2.59 bits per heavy atom. The summed E-state index contributed by atoms with van der Waals surface area (Å²) in [5.41, 5.74) is 2.95. The molecular formula is C25H32ClFN4O2S. The molecule has 0 aromatic heterocycles. The topological polar surface area (TPSA) is 73.8 Å². The van der Waals surface area contributed by atoms with Gasteiger partial charge in [0.25, 0.3) is 0 Å². The predicted octanol–water partition coefficient (Wildman–Crippen LogP) is 3.44. The van der Waals surface area contributed by atoms with Crippen molar-refractivity contribution in [1.82, 2.24) is 14.9 Å². The third-order valence-electron chi connectivity index (χ3n) is 7.18. The molecular weight excluding hydrogens is 475 g/mol. The zero-order valence-corrected chi connectivity index (χ0v) is 20.9. The molecule has 0 radical (unpaired) electrons. The summed E-state index contributed by atoms with van der Waals surface area (Å²) in [5, 5.41) is 6.99. The zero-order chi connectivity index (χ0) is 22.9. The van der Waals surface area contributed by atoms with E-state index in [2.05, 4.69) is 10.6 Å². The Hall–Kier alpha value is -2.00. The van der Waals surface area contributed by atoms with E-state index in [1.54, 1.807) is 16.4 Å². The third kappa shape index (κ3) is 5.00. The monoisotopic (exact) mass is 506 g/mol. The van der Waals surface area contributed by atoms with Crippen molar-refractivity contribution in [3.63, 3.8) is 0 Å². The maximum atomic E-state index is 13.5. The van der Waals surface area contributed by atoms with Crippen LogP contribution in [0.3, 0.4) is 0 Å². The first-order valence-electron chi connectivity index (χ1n) is 11.9. The Morgan fingerprint density at radius 1 is 1.06 bits per heavy atom. The minimum Gasteiger partial charge on any atom is -0.368 e. The fraction of sp³-hybridized carbons (Fsp3) is 0.480. The van der Waals surface area contributed by atoms with Gasteiger partial charge in [-0.1, -0.05) is 18.2 Å². The number of hydrogen-bond donors (Lipinski definition) is 2. The third-order valence-corrected chi connectivity index (χ3v) is 9.08. The van der Waals surface area contributed by atoms with Gasteiger partial charge in [0.15, 0.2) is 0 Å². The van der Waals surface area contributed by atoms with E-state index in [1.165, 1.54) is 29.7 Å². The molecule has 1 fully saturated rings. The first-order chi connectivity index (χ1) is 16.0. The molecule has 1 aliphatic carbocycles. The SMILES string of the molecule is Cl.O=S(=O)(c1ccc2c(c1)CCCC2)N1CCC2(CC1)NCCN=C2NCc1cccc(F)c1. The number of aryl methyl sites for hydroxylation is 2. The lowest BCUT2D eigenvalue weighted by molar-refractivity contribution is 0.241. The summed E-state index contributed by atoms with van der Waals surface area (Å²) >= 11 is 0. The summed E-state index contributed by atoms with van der Waals surface area (Å²) in [5.74, 6) is 0.595. The number of halogens is 2. The number of nitrogens with one attached hydrogen (secondary N) is 2. The van der Waals surface area contributed by atoms with Gasteiger partial charge in [-0.2, -0.15) is 4.31 Å². The molecule has 9 heteroatoms. The van der Waals surface area contributed by atoms with E-state index in [1.807, 2.05) is 18.2 Å². The summed E-state index contributed by atoms with van der Waals surface area (Å²) in [4.78, 5) is 5.13. The van der Waals surface area contributed by atoms with Crippen LogP contribution in [0.5, 0.6) is 0 Å². The number of hydrogen-bond acceptors (Lipinski definition) is 5. The Labute approximate surface area is 207 Å². The van der Waals surface area contributed by atoms with Crippen LogP contribution in [0.4, 0.5) is 4.39 Å². The second kappa shape index (κ2) is 10.3. The van der Waals surface area contributed by atoms with Crippen molar-refractivity contribution in [2.45, 2.75) is 55.5 Å². The minimum atomic E-state index is -3.52. The van der Waals surface area contributed by atoms with E-state index in [0.717, 1.165) is 37.2 Å². The maximum absolute atomic E-state index is 13.5. The van der Waals surface area contributed by atoms with Crippen molar-refractivity contribution < 1.29 is 12.8 Å². The first-order valence-corrected chi connectivity index (χ1v) is 13.3. The van der Waals surface area contributed by atoms with Crippen molar-refractivity contribution in [2.24, 2.45) is 4.99 Å². The number of nitrogens with zero attached hydrogens (tertiary/aromatic N) is 2. The molecule has 2 aromatic carbocycles. The molecule has 0 unspecified atom stereocenters. The van der Waals surface area contributed by atoms with Gasteiger partial charge in [0.2, 0.25) is 10.0 Å². The molecule has 34 heavy (non-hydrogen) atoms. The van der Waals surface area contributed by atoms with Gasteiger partial charge in [-0.3, -0.25) is 4.99 Å². The van der Waals surface area contributed by atoms with Crippen molar-refractivity contribution >= 4 is 28.3 Å². The fourth-order valence-corrected chi connectivity index (χ4v) is 6.79. The average Bonchev–Trinajstić information content (AvgIpc) is 2.83. The highest BCUT2D eigenvalue weighted by Gasteiger charge is 2.43. The molecule has 2 aliphatic heterocycles. The van der Waals surface area contributed by atoms with Gasteiger partial charge in [0.1, 0.15) is 11.7 Å². The summed E-state index contributed by atoms with van der Waals surface area (Å²) in [7, 11) is -3.52. The number of aliphatic imine (C=N–C) groups is 1. The summed E-state index contributed by atoms with van der Waals surface area (Å²) in [6, 6.07) is 12.2. The predicted molar refractivity (Wildman–Crippen MR) is 135 cm³/mol. The normalized spacial score (nSPS) is 20.2. The van der Waals surface area contributed by atoms with E-state index in [4.69, 9.17) is 4.99 Å². The van der Waals surface area contributed by atoms with Crippen LogP contribution in [0.25, 0.3) is 0 Å². The standard InChI is InChI=1S/C25H31FN4O2S.ClH/c26-22-7-3-4-19(16-22)18-28-24-25(29-13-12-27-24)10-14-30(15-11-25)33(31,32)23-9-8-20-5-1-2-6-21(20)17-23;/h3-4,7-9,16-17,29H,1-2,5-6,10-15,18H2,(H,27,28);1H. The first kappa shape index (κ1) is 25.1. The Kier molecular flexibility index (Phi) is 7.62. The van der Waals surface area contributed by atoms with E-state index in [-0.39, 0.29) is 23.8 Å². The molecule has 3 aliphatic rings. The van der Waals surface area contributed by atoms with E-state index in [9.17, 15) is 12.8 Å². The maximum Gasteiger partial charge on any atom is 0.243 e. The van der Waals surface area contributed by atoms with Gasteiger partial charge >= 0.3 is 0 Å². The average molecular weight is 507 g/mol. The molecule has 0 amide bonds. The van der Waals surface area contributed by atoms with Crippen LogP contribution in [0, 0.1) is 5.82 Å².